The first-order valence-electron chi connectivity index (χ1n) is 3.65. The van der Waals surface area contributed by atoms with Crippen molar-refractivity contribution in [3.63, 3.8) is 0 Å². The Morgan fingerprint density at radius 2 is 2.00 bits per heavy atom. The van der Waals surface area contributed by atoms with E-state index in [4.69, 9.17) is 10.3 Å². The van der Waals surface area contributed by atoms with Gasteiger partial charge in [-0.3, -0.25) is 5.21 Å². The Kier molecular flexibility index (Phi) is 2.39. The fraction of sp³-hybridized carbons (Fsp3) is 0.667. The van der Waals surface area contributed by atoms with Gasteiger partial charge >= 0.3 is 18.5 Å². The summed E-state index contributed by atoms with van der Waals surface area (Å²) in [5.74, 6) is 0. The van der Waals surface area contributed by atoms with E-state index in [1.165, 1.54) is 0 Å². The van der Waals surface area contributed by atoms with Gasteiger partial charge in [-0.1, -0.05) is 0 Å². The van der Waals surface area contributed by atoms with E-state index in [-0.39, 0.29) is 5.06 Å². The smallest absolute Gasteiger partial charge is 0.397 e. The third-order valence-corrected chi connectivity index (χ3v) is 1.53. The van der Waals surface area contributed by atoms with Gasteiger partial charge in [0, 0.05) is 6.04 Å². The van der Waals surface area contributed by atoms with E-state index in [0.29, 0.717) is 4.90 Å². The number of rotatable bonds is 1. The number of aliphatic hydroxyl groups is 1. The summed E-state index contributed by atoms with van der Waals surface area (Å²) in [4.78, 5) is 22.8. The number of urea groups is 1. The van der Waals surface area contributed by atoms with Crippen molar-refractivity contribution >= 4 is 12.1 Å². The molecular weight excluding hydrogens is 180 g/mol. The Morgan fingerprint density at radius 1 is 1.46 bits per heavy atom. The Bertz CT molecular complexity index is 241. The number of imide groups is 1. The number of carbonyl (C=O) groups excluding carboxylic acids is 2. The van der Waals surface area contributed by atoms with Crippen molar-refractivity contribution in [2.24, 2.45) is 0 Å². The zero-order valence-electron chi connectivity index (χ0n) is 7.17. The van der Waals surface area contributed by atoms with E-state index in [1.807, 2.05) is 0 Å². The second kappa shape index (κ2) is 3.19. The fourth-order valence-corrected chi connectivity index (χ4v) is 0.912. The molecule has 7 heteroatoms. The lowest BCUT2D eigenvalue weighted by atomic mass is 10.3. The van der Waals surface area contributed by atoms with Crippen LogP contribution < -0.4 is 0 Å². The second-order valence-electron chi connectivity index (χ2n) is 2.80. The first-order valence-corrected chi connectivity index (χ1v) is 3.65. The van der Waals surface area contributed by atoms with Gasteiger partial charge in [0.2, 0.25) is 0 Å². The van der Waals surface area contributed by atoms with Crippen LogP contribution in [-0.4, -0.2) is 44.9 Å². The number of hydrogen-bond donors (Lipinski definition) is 2. The van der Waals surface area contributed by atoms with E-state index in [9.17, 15) is 9.59 Å². The molecule has 74 valence electrons. The molecule has 3 amide bonds. The first kappa shape index (κ1) is 9.75. The van der Waals surface area contributed by atoms with Gasteiger partial charge in [-0.2, -0.15) is 0 Å². The highest BCUT2D eigenvalue weighted by Crippen LogP contribution is 2.14. The summed E-state index contributed by atoms with van der Waals surface area (Å²) >= 11 is 0. The summed E-state index contributed by atoms with van der Waals surface area (Å²) in [5.41, 5.74) is 0. The normalized spacial score (nSPS) is 23.9. The first-order chi connectivity index (χ1) is 5.95. The molecule has 0 bridgehead atoms. The highest BCUT2D eigenvalue weighted by atomic mass is 16.7. The van der Waals surface area contributed by atoms with Crippen LogP contribution in [0.1, 0.15) is 13.8 Å². The maximum absolute atomic E-state index is 11.1. The lowest BCUT2D eigenvalue weighted by Gasteiger charge is -2.34. The van der Waals surface area contributed by atoms with Gasteiger partial charge in [-0.05, 0) is 13.8 Å². The number of hydroxylamine groups is 2. The summed E-state index contributed by atoms with van der Waals surface area (Å²) in [6.45, 7) is 3.15. The zero-order chi connectivity index (χ0) is 10.2. The predicted octanol–water partition coefficient (Wildman–Crippen LogP) is -0.0659. The number of nitrogens with zero attached hydrogens (tertiary/aromatic N) is 2. The van der Waals surface area contributed by atoms with Crippen molar-refractivity contribution in [2.45, 2.75) is 26.3 Å². The molecule has 1 saturated heterocycles. The Hall–Kier alpha value is -1.34. The van der Waals surface area contributed by atoms with E-state index in [1.54, 1.807) is 13.8 Å². The number of hydrogen-bond acceptors (Lipinski definition) is 5. The minimum atomic E-state index is -1.92. The van der Waals surface area contributed by atoms with Crippen molar-refractivity contribution in [1.29, 1.82) is 0 Å². The Balaban J connectivity index is 2.86. The summed E-state index contributed by atoms with van der Waals surface area (Å²) < 4.78 is 4.24. The zero-order valence-corrected chi connectivity index (χ0v) is 7.17. The molecule has 2 N–H and O–H groups in total. The minimum absolute atomic E-state index is 0.0542. The van der Waals surface area contributed by atoms with Crippen LogP contribution in [0.4, 0.5) is 9.59 Å². The lowest BCUT2D eigenvalue weighted by molar-refractivity contribution is -0.265. The summed E-state index contributed by atoms with van der Waals surface area (Å²) in [6.07, 6.45) is -2.90. The number of aliphatic hydroxyl groups excluding tert-OH is 1. The fourth-order valence-electron chi connectivity index (χ4n) is 0.912. The van der Waals surface area contributed by atoms with Crippen LogP contribution >= 0.6 is 0 Å². The highest BCUT2D eigenvalue weighted by Gasteiger charge is 2.40. The monoisotopic (exact) mass is 190 g/mol. The summed E-state index contributed by atoms with van der Waals surface area (Å²) in [5, 5.41) is 17.6. The van der Waals surface area contributed by atoms with Crippen molar-refractivity contribution < 1.29 is 24.6 Å². The summed E-state index contributed by atoms with van der Waals surface area (Å²) in [6, 6.07) is -1.44. The molecule has 0 aromatic carbocycles. The quantitative estimate of drug-likeness (QED) is 0.565. The van der Waals surface area contributed by atoms with Gasteiger partial charge in [-0.25, -0.2) is 14.5 Å². The molecule has 7 nitrogen and oxygen atoms in total. The number of cyclic esters (lactones) is 1. The molecule has 0 spiro atoms. The number of carbonyl (C=O) groups is 2. The van der Waals surface area contributed by atoms with Gasteiger partial charge in [0.05, 0.1) is 0 Å². The van der Waals surface area contributed by atoms with Crippen LogP contribution in [0.15, 0.2) is 0 Å². The average Bonchev–Trinajstić information content (AvgIpc) is 1.99. The molecule has 1 aliphatic heterocycles. The topological polar surface area (TPSA) is 90.3 Å². The van der Waals surface area contributed by atoms with Crippen molar-refractivity contribution in [3.05, 3.63) is 0 Å². The Morgan fingerprint density at radius 3 is 2.46 bits per heavy atom. The standard InChI is InChI=1S/C6H10N2O5/c1-3(2)7-4(9)8(12)6(11)13-5(7)10/h3,6,11-12H,1-2H3. The van der Waals surface area contributed by atoms with Crippen LogP contribution in [0.25, 0.3) is 0 Å². The van der Waals surface area contributed by atoms with E-state index in [2.05, 4.69) is 4.74 Å². The van der Waals surface area contributed by atoms with Gasteiger partial charge in [0.25, 0.3) is 0 Å². The third kappa shape index (κ3) is 1.56. The van der Waals surface area contributed by atoms with E-state index < -0.39 is 24.6 Å². The number of amides is 3. The minimum Gasteiger partial charge on any atom is -0.397 e. The number of ether oxygens (including phenoxy) is 1. The highest BCUT2D eigenvalue weighted by molar-refractivity contribution is 5.92. The van der Waals surface area contributed by atoms with Gasteiger partial charge in [0.1, 0.15) is 0 Å². The van der Waals surface area contributed by atoms with Crippen LogP contribution in [0, 0.1) is 0 Å². The van der Waals surface area contributed by atoms with Crippen molar-refractivity contribution in [2.75, 3.05) is 0 Å². The lowest BCUT2D eigenvalue weighted by Crippen LogP contribution is -2.58. The van der Waals surface area contributed by atoms with Crippen LogP contribution in [0.3, 0.4) is 0 Å². The molecule has 1 atom stereocenters. The maximum Gasteiger partial charge on any atom is 0.422 e. The van der Waals surface area contributed by atoms with E-state index in [0.717, 1.165) is 0 Å². The second-order valence-corrected chi connectivity index (χ2v) is 2.80. The van der Waals surface area contributed by atoms with Crippen molar-refractivity contribution in [3.8, 4) is 0 Å². The van der Waals surface area contributed by atoms with Crippen LogP contribution in [-0.2, 0) is 4.74 Å². The molecule has 1 unspecified atom stereocenters. The van der Waals surface area contributed by atoms with Gasteiger partial charge in [-0.15, -0.1) is 5.06 Å². The summed E-state index contributed by atoms with van der Waals surface area (Å²) in [7, 11) is 0. The molecule has 13 heavy (non-hydrogen) atoms. The molecule has 1 heterocycles. The SMILES string of the molecule is CC(C)N1C(=O)OC(O)N(O)C1=O. The predicted molar refractivity (Wildman–Crippen MR) is 38.5 cm³/mol. The van der Waals surface area contributed by atoms with Crippen LogP contribution in [0.2, 0.25) is 0 Å². The Labute approximate surface area is 74.1 Å². The largest absolute Gasteiger partial charge is 0.422 e. The third-order valence-electron chi connectivity index (χ3n) is 1.53. The molecule has 1 fully saturated rings. The average molecular weight is 190 g/mol. The van der Waals surface area contributed by atoms with E-state index >= 15 is 0 Å². The van der Waals surface area contributed by atoms with Crippen molar-refractivity contribution in [1.82, 2.24) is 9.96 Å². The molecule has 1 rings (SSSR count). The maximum atomic E-state index is 11.1. The molecule has 0 aromatic heterocycles. The molecule has 1 aliphatic rings. The van der Waals surface area contributed by atoms with Gasteiger partial charge < -0.3 is 9.84 Å². The molecular formula is C6H10N2O5. The van der Waals surface area contributed by atoms with Gasteiger partial charge in [0.15, 0.2) is 0 Å². The molecule has 0 radical (unpaired) electrons. The molecule has 0 aliphatic carbocycles. The molecule has 0 saturated carbocycles. The van der Waals surface area contributed by atoms with Crippen LogP contribution in [0.5, 0.6) is 0 Å². The molecule has 0 aromatic rings.